The minimum absolute atomic E-state index is 0.00571. The number of carbonyl (C=O) groups excluding carboxylic acids is 1. The van der Waals surface area contributed by atoms with E-state index in [2.05, 4.69) is 28.2 Å². The van der Waals surface area contributed by atoms with Gasteiger partial charge in [-0.2, -0.15) is 0 Å². The summed E-state index contributed by atoms with van der Waals surface area (Å²) in [6.07, 6.45) is 5.26. The third-order valence-corrected chi connectivity index (χ3v) is 4.55. The van der Waals surface area contributed by atoms with Crippen LogP contribution in [-0.2, 0) is 11.8 Å². The zero-order valence-corrected chi connectivity index (χ0v) is 14.2. The van der Waals surface area contributed by atoms with Gasteiger partial charge in [0.25, 0.3) is 5.56 Å². The van der Waals surface area contributed by atoms with Gasteiger partial charge in [-0.25, -0.2) is 0 Å². The Balaban J connectivity index is 1.99. The smallest absolute Gasteiger partial charge is 0.254 e. The molecule has 0 unspecified atom stereocenters. The van der Waals surface area contributed by atoms with Crippen molar-refractivity contribution in [1.82, 2.24) is 9.88 Å². The summed E-state index contributed by atoms with van der Waals surface area (Å²) >= 11 is 3.42. The van der Waals surface area contributed by atoms with Crippen LogP contribution in [0.4, 0.5) is 0 Å². The van der Waals surface area contributed by atoms with Crippen molar-refractivity contribution >= 4 is 21.8 Å². The Morgan fingerprint density at radius 2 is 2.10 bits per heavy atom. The van der Waals surface area contributed by atoms with Crippen LogP contribution in [-0.4, -0.2) is 22.1 Å². The van der Waals surface area contributed by atoms with Crippen LogP contribution >= 0.6 is 15.9 Å². The summed E-state index contributed by atoms with van der Waals surface area (Å²) in [6.45, 7) is 3.61. The summed E-state index contributed by atoms with van der Waals surface area (Å²) in [5.74, 6) is 0.595. The highest BCUT2D eigenvalue weighted by Crippen LogP contribution is 2.32. The fourth-order valence-electron chi connectivity index (χ4n) is 2.75. The molecule has 21 heavy (non-hydrogen) atoms. The van der Waals surface area contributed by atoms with Crippen molar-refractivity contribution in [3.63, 3.8) is 0 Å². The minimum Gasteiger partial charge on any atom is -0.489 e. The van der Waals surface area contributed by atoms with Gasteiger partial charge in [0.1, 0.15) is 5.75 Å². The van der Waals surface area contributed by atoms with Gasteiger partial charge >= 0.3 is 0 Å². The van der Waals surface area contributed by atoms with Crippen LogP contribution in [0.1, 0.15) is 39.5 Å². The highest BCUT2D eigenvalue weighted by Gasteiger charge is 2.32. The number of hydrogen-bond donors (Lipinski definition) is 1. The van der Waals surface area contributed by atoms with Gasteiger partial charge in [0, 0.05) is 31.8 Å². The van der Waals surface area contributed by atoms with Crippen molar-refractivity contribution in [2.45, 2.75) is 51.2 Å². The zero-order chi connectivity index (χ0) is 15.6. The first-order valence-electron chi connectivity index (χ1n) is 7.11. The predicted molar refractivity (Wildman–Crippen MR) is 84.5 cm³/mol. The number of aromatic nitrogens is 1. The first-order valence-corrected chi connectivity index (χ1v) is 7.90. The number of ether oxygens (including phenoxy) is 1. The number of amides is 1. The average molecular weight is 357 g/mol. The summed E-state index contributed by atoms with van der Waals surface area (Å²) in [5.41, 5.74) is -0.234. The number of hydrogen-bond acceptors (Lipinski definition) is 3. The van der Waals surface area contributed by atoms with Gasteiger partial charge in [0.15, 0.2) is 0 Å². The van der Waals surface area contributed by atoms with Crippen molar-refractivity contribution in [3.05, 3.63) is 27.1 Å². The number of nitrogens with zero attached hydrogens (tertiary/aromatic N) is 1. The molecule has 0 aliphatic heterocycles. The first-order chi connectivity index (χ1) is 9.79. The number of halogens is 1. The van der Waals surface area contributed by atoms with E-state index in [-0.39, 0.29) is 23.1 Å². The second-order valence-corrected chi connectivity index (χ2v) is 6.85. The number of nitrogens with one attached hydrogen (secondary N) is 1. The number of carbonyl (C=O) groups is 1. The summed E-state index contributed by atoms with van der Waals surface area (Å²) in [4.78, 5) is 22.9. The van der Waals surface area contributed by atoms with Crippen molar-refractivity contribution in [1.29, 1.82) is 0 Å². The highest BCUT2D eigenvalue weighted by atomic mass is 79.9. The average Bonchev–Trinajstić information content (AvgIpc) is 2.37. The van der Waals surface area contributed by atoms with Gasteiger partial charge in [-0.15, -0.1) is 0 Å². The Morgan fingerprint density at radius 3 is 2.67 bits per heavy atom. The number of aryl methyl sites for hydroxylation is 1. The predicted octanol–water partition coefficient (Wildman–Crippen LogP) is 2.36. The maximum Gasteiger partial charge on any atom is 0.254 e. The van der Waals surface area contributed by atoms with Crippen LogP contribution in [0.2, 0.25) is 0 Å². The van der Waals surface area contributed by atoms with E-state index in [9.17, 15) is 9.59 Å². The third-order valence-electron chi connectivity index (χ3n) is 3.95. The van der Waals surface area contributed by atoms with E-state index < -0.39 is 0 Å². The molecule has 6 heteroatoms. The summed E-state index contributed by atoms with van der Waals surface area (Å²) in [7, 11) is 1.70. The lowest BCUT2D eigenvalue weighted by Gasteiger charge is -2.37. The van der Waals surface area contributed by atoms with Crippen LogP contribution in [0.15, 0.2) is 21.5 Å². The molecule has 5 nitrogen and oxygen atoms in total. The van der Waals surface area contributed by atoms with E-state index in [4.69, 9.17) is 4.74 Å². The molecule has 1 aliphatic carbocycles. The molecule has 1 saturated carbocycles. The number of rotatable bonds is 3. The Bertz CT molecular complexity index is 589. The molecule has 1 aromatic rings. The Labute approximate surface area is 132 Å². The van der Waals surface area contributed by atoms with E-state index in [1.165, 1.54) is 10.6 Å². The maximum atomic E-state index is 11.7. The topological polar surface area (TPSA) is 60.3 Å². The van der Waals surface area contributed by atoms with Crippen molar-refractivity contribution in [2.24, 2.45) is 7.05 Å². The summed E-state index contributed by atoms with van der Waals surface area (Å²) < 4.78 is 8.23. The summed E-state index contributed by atoms with van der Waals surface area (Å²) in [6, 6.07) is 1.51. The molecule has 1 aliphatic rings. The normalized spacial score (nSPS) is 25.4. The third kappa shape index (κ3) is 4.09. The van der Waals surface area contributed by atoms with Gasteiger partial charge in [-0.1, -0.05) is 0 Å². The summed E-state index contributed by atoms with van der Waals surface area (Å²) in [5, 5.41) is 3.01. The van der Waals surface area contributed by atoms with Crippen molar-refractivity contribution in [2.75, 3.05) is 0 Å². The van der Waals surface area contributed by atoms with E-state index in [1.807, 2.05) is 0 Å². The van der Waals surface area contributed by atoms with Crippen molar-refractivity contribution in [3.8, 4) is 5.75 Å². The SMILES string of the molecule is CC(=O)NC1(C)CCC(Oc2cc(=O)n(C)cc2Br)CC1. The molecule has 0 spiro atoms. The molecule has 0 bridgehead atoms. The second-order valence-electron chi connectivity index (χ2n) is 5.99. The fraction of sp³-hybridized carbons (Fsp3) is 0.600. The van der Waals surface area contributed by atoms with Crippen LogP contribution in [0.3, 0.4) is 0 Å². The molecular formula is C15H21BrN2O3. The highest BCUT2D eigenvalue weighted by molar-refractivity contribution is 9.10. The van der Waals surface area contributed by atoms with Gasteiger partial charge in [-0.3, -0.25) is 9.59 Å². The zero-order valence-electron chi connectivity index (χ0n) is 12.6. The molecule has 0 atom stereocenters. The molecule has 1 amide bonds. The lowest BCUT2D eigenvalue weighted by Crippen LogP contribution is -2.48. The van der Waals surface area contributed by atoms with Gasteiger partial charge < -0.3 is 14.6 Å². The van der Waals surface area contributed by atoms with Crippen LogP contribution in [0.5, 0.6) is 5.75 Å². The quantitative estimate of drug-likeness (QED) is 0.904. The minimum atomic E-state index is -0.143. The molecule has 116 valence electrons. The molecule has 0 aromatic carbocycles. The van der Waals surface area contributed by atoms with Crippen LogP contribution in [0, 0.1) is 0 Å². The van der Waals surface area contributed by atoms with Crippen molar-refractivity contribution < 1.29 is 9.53 Å². The number of pyridine rings is 1. The lowest BCUT2D eigenvalue weighted by molar-refractivity contribution is -0.121. The van der Waals surface area contributed by atoms with Crippen LogP contribution < -0.4 is 15.6 Å². The Morgan fingerprint density at radius 1 is 1.48 bits per heavy atom. The fourth-order valence-corrected chi connectivity index (χ4v) is 3.26. The molecule has 0 radical (unpaired) electrons. The first kappa shape index (κ1) is 16.1. The van der Waals surface area contributed by atoms with Gasteiger partial charge in [0.05, 0.1) is 10.6 Å². The van der Waals surface area contributed by atoms with Crippen LogP contribution in [0.25, 0.3) is 0 Å². The van der Waals surface area contributed by atoms with E-state index >= 15 is 0 Å². The molecule has 0 saturated heterocycles. The standard InChI is InChI=1S/C15H21BrN2O3/c1-10(19)17-15(2)6-4-11(5-7-15)21-13-8-14(20)18(3)9-12(13)16/h8-9,11H,4-7H2,1-3H3,(H,17,19). The monoisotopic (exact) mass is 356 g/mol. The second kappa shape index (κ2) is 6.22. The Hall–Kier alpha value is -1.30. The van der Waals surface area contributed by atoms with E-state index in [0.717, 1.165) is 30.2 Å². The molecule has 2 rings (SSSR count). The largest absolute Gasteiger partial charge is 0.489 e. The van der Waals surface area contributed by atoms with E-state index in [0.29, 0.717) is 5.75 Å². The van der Waals surface area contributed by atoms with Gasteiger partial charge in [0.2, 0.25) is 5.91 Å². The van der Waals surface area contributed by atoms with E-state index in [1.54, 1.807) is 20.2 Å². The maximum absolute atomic E-state index is 11.7. The molecule has 1 heterocycles. The molecule has 1 fully saturated rings. The lowest BCUT2D eigenvalue weighted by atomic mass is 9.82. The molecule has 1 aromatic heterocycles. The molecule has 1 N–H and O–H groups in total. The molecular weight excluding hydrogens is 336 g/mol. The van der Waals surface area contributed by atoms with Gasteiger partial charge in [-0.05, 0) is 48.5 Å². The Kier molecular flexibility index (Phi) is 4.76.